The number of rotatable bonds is 5. The number of carbonyl (C=O) groups is 1. The Morgan fingerprint density at radius 1 is 1.47 bits per heavy atom. The van der Waals surface area contributed by atoms with Crippen molar-refractivity contribution >= 4 is 17.6 Å². The molecular weight excluding hydrogens is 208 g/mol. The molecule has 2 heterocycles. The monoisotopic (exact) mass is 224 g/mol. The van der Waals surface area contributed by atoms with Crippen LogP contribution in [0.1, 0.15) is 22.7 Å². The lowest BCUT2D eigenvalue weighted by molar-refractivity contribution is -0.107. The van der Waals surface area contributed by atoms with Crippen molar-refractivity contribution in [2.75, 3.05) is 19.6 Å². The van der Waals surface area contributed by atoms with Crippen molar-refractivity contribution in [1.29, 1.82) is 0 Å². The Kier molecular flexibility index (Phi) is 3.86. The molecule has 0 spiro atoms. The maximum absolute atomic E-state index is 10.3. The van der Waals surface area contributed by atoms with Gasteiger partial charge in [-0.25, -0.2) is 4.98 Å². The number of likely N-dealkylation sites (tertiary alicyclic amines) is 1. The fourth-order valence-electron chi connectivity index (χ4n) is 1.90. The van der Waals surface area contributed by atoms with Crippen molar-refractivity contribution in [1.82, 2.24) is 9.88 Å². The second-order valence-electron chi connectivity index (χ2n) is 3.89. The van der Waals surface area contributed by atoms with Gasteiger partial charge in [0.25, 0.3) is 0 Å². The third kappa shape index (κ3) is 3.11. The molecule has 0 amide bonds. The third-order valence-electron chi connectivity index (χ3n) is 2.73. The Morgan fingerprint density at radius 2 is 2.27 bits per heavy atom. The molecule has 3 nitrogen and oxygen atoms in total. The van der Waals surface area contributed by atoms with Crippen LogP contribution in [0.5, 0.6) is 0 Å². The van der Waals surface area contributed by atoms with Crippen molar-refractivity contribution in [3.63, 3.8) is 0 Å². The minimum Gasteiger partial charge on any atom is -0.303 e. The zero-order valence-corrected chi connectivity index (χ0v) is 9.63. The van der Waals surface area contributed by atoms with Gasteiger partial charge in [0.2, 0.25) is 0 Å². The molecule has 1 aromatic rings. The summed E-state index contributed by atoms with van der Waals surface area (Å²) in [6.45, 7) is 3.60. The molecule has 0 aliphatic carbocycles. The maximum atomic E-state index is 10.3. The van der Waals surface area contributed by atoms with Gasteiger partial charge in [-0.15, -0.1) is 11.3 Å². The molecule has 0 aromatic carbocycles. The average molecular weight is 224 g/mol. The van der Waals surface area contributed by atoms with Gasteiger partial charge in [0.1, 0.15) is 6.29 Å². The fourth-order valence-corrected chi connectivity index (χ4v) is 2.76. The number of hydrogen-bond acceptors (Lipinski definition) is 4. The number of aldehydes is 1. The zero-order valence-electron chi connectivity index (χ0n) is 8.82. The minimum atomic E-state index is 0.515. The Balaban J connectivity index is 1.79. The lowest BCUT2D eigenvalue weighted by atomic mass is 10.4. The molecule has 1 saturated heterocycles. The van der Waals surface area contributed by atoms with Crippen LogP contribution in [-0.4, -0.2) is 35.8 Å². The van der Waals surface area contributed by atoms with E-state index in [-0.39, 0.29) is 0 Å². The van der Waals surface area contributed by atoms with E-state index in [0.29, 0.717) is 6.42 Å². The summed E-state index contributed by atoms with van der Waals surface area (Å²) in [5, 5.41) is 1.17. The maximum Gasteiger partial charge on any atom is 0.125 e. The largest absolute Gasteiger partial charge is 0.303 e. The van der Waals surface area contributed by atoms with Crippen molar-refractivity contribution < 1.29 is 4.79 Å². The summed E-state index contributed by atoms with van der Waals surface area (Å²) in [5.41, 5.74) is 0. The fraction of sp³-hybridized carbons (Fsp3) is 0.636. The van der Waals surface area contributed by atoms with Crippen LogP contribution < -0.4 is 0 Å². The molecule has 0 radical (unpaired) electrons. The Bertz CT molecular complexity index is 318. The molecule has 1 aliphatic rings. The van der Waals surface area contributed by atoms with Crippen LogP contribution in [-0.2, 0) is 17.6 Å². The van der Waals surface area contributed by atoms with Gasteiger partial charge < -0.3 is 9.69 Å². The Labute approximate surface area is 94.1 Å². The third-order valence-corrected chi connectivity index (χ3v) is 3.81. The lowest BCUT2D eigenvalue weighted by Crippen LogP contribution is -2.21. The molecule has 0 atom stereocenters. The van der Waals surface area contributed by atoms with E-state index >= 15 is 0 Å². The summed E-state index contributed by atoms with van der Waals surface area (Å²) in [5.74, 6) is 0. The number of hydrogen-bond donors (Lipinski definition) is 0. The van der Waals surface area contributed by atoms with E-state index in [2.05, 4.69) is 9.88 Å². The number of carbonyl (C=O) groups excluding carboxylic acids is 1. The molecule has 2 rings (SSSR count). The van der Waals surface area contributed by atoms with Gasteiger partial charge in [-0.2, -0.15) is 0 Å². The van der Waals surface area contributed by atoms with Crippen LogP contribution in [0.15, 0.2) is 6.20 Å². The molecule has 0 bridgehead atoms. The minimum absolute atomic E-state index is 0.515. The molecule has 82 valence electrons. The van der Waals surface area contributed by atoms with E-state index in [0.717, 1.165) is 24.1 Å². The van der Waals surface area contributed by atoms with Crippen LogP contribution in [0.2, 0.25) is 0 Å². The highest BCUT2D eigenvalue weighted by molar-refractivity contribution is 7.11. The van der Waals surface area contributed by atoms with E-state index in [9.17, 15) is 4.79 Å². The van der Waals surface area contributed by atoms with E-state index in [4.69, 9.17) is 0 Å². The Hall–Kier alpha value is -0.740. The first-order valence-corrected chi connectivity index (χ1v) is 6.29. The summed E-state index contributed by atoms with van der Waals surface area (Å²) in [6.07, 6.45) is 7.00. The quantitative estimate of drug-likeness (QED) is 0.711. The predicted molar refractivity (Wildman–Crippen MR) is 61.3 cm³/mol. The summed E-state index contributed by atoms with van der Waals surface area (Å²) < 4.78 is 0. The van der Waals surface area contributed by atoms with E-state index in [1.807, 2.05) is 6.20 Å². The Morgan fingerprint density at radius 3 is 3.00 bits per heavy atom. The number of nitrogens with zero attached hydrogens (tertiary/aromatic N) is 2. The first-order chi connectivity index (χ1) is 7.38. The number of aromatic nitrogens is 1. The van der Waals surface area contributed by atoms with Gasteiger partial charge in [0, 0.05) is 30.5 Å². The average Bonchev–Trinajstić information content (AvgIpc) is 2.85. The summed E-state index contributed by atoms with van der Waals surface area (Å²) in [4.78, 5) is 18.2. The molecule has 15 heavy (non-hydrogen) atoms. The van der Waals surface area contributed by atoms with Crippen molar-refractivity contribution in [2.24, 2.45) is 0 Å². The first kappa shape index (κ1) is 10.8. The molecular formula is C11H16N2OS. The van der Waals surface area contributed by atoms with Gasteiger partial charge >= 0.3 is 0 Å². The first-order valence-electron chi connectivity index (χ1n) is 5.48. The summed E-state index contributed by atoms with van der Waals surface area (Å²) in [7, 11) is 0. The molecule has 4 heteroatoms. The van der Waals surface area contributed by atoms with Gasteiger partial charge in [0.05, 0.1) is 5.01 Å². The molecule has 1 aromatic heterocycles. The smallest absolute Gasteiger partial charge is 0.125 e. The van der Waals surface area contributed by atoms with Crippen molar-refractivity contribution in [3.05, 3.63) is 16.1 Å². The van der Waals surface area contributed by atoms with Gasteiger partial charge in [-0.05, 0) is 25.9 Å². The second kappa shape index (κ2) is 5.37. The molecule has 1 aliphatic heterocycles. The topological polar surface area (TPSA) is 33.2 Å². The molecule has 0 N–H and O–H groups in total. The van der Waals surface area contributed by atoms with E-state index in [1.165, 1.54) is 30.9 Å². The lowest BCUT2D eigenvalue weighted by Gasteiger charge is -2.12. The van der Waals surface area contributed by atoms with Gasteiger partial charge in [-0.1, -0.05) is 0 Å². The van der Waals surface area contributed by atoms with E-state index in [1.54, 1.807) is 11.3 Å². The highest BCUT2D eigenvalue weighted by Gasteiger charge is 2.11. The van der Waals surface area contributed by atoms with Gasteiger partial charge in [0.15, 0.2) is 0 Å². The summed E-state index contributed by atoms with van der Waals surface area (Å²) in [6, 6.07) is 0. The second-order valence-corrected chi connectivity index (χ2v) is 5.09. The molecule has 1 fully saturated rings. The standard InChI is InChI=1S/C11H16N2OS/c14-8-4-10-9-12-11(15-10)3-7-13-5-1-2-6-13/h8-9H,1-7H2. The van der Waals surface area contributed by atoms with Crippen LogP contribution >= 0.6 is 11.3 Å². The normalized spacial score (nSPS) is 17.1. The van der Waals surface area contributed by atoms with Crippen molar-refractivity contribution in [2.45, 2.75) is 25.7 Å². The zero-order chi connectivity index (χ0) is 10.5. The van der Waals surface area contributed by atoms with Crippen molar-refractivity contribution in [3.8, 4) is 0 Å². The van der Waals surface area contributed by atoms with Crippen LogP contribution in [0, 0.1) is 0 Å². The molecule has 0 saturated carbocycles. The van der Waals surface area contributed by atoms with Gasteiger partial charge in [-0.3, -0.25) is 0 Å². The van der Waals surface area contributed by atoms with Crippen LogP contribution in [0.3, 0.4) is 0 Å². The number of thiazole rings is 1. The summed E-state index contributed by atoms with van der Waals surface area (Å²) >= 11 is 1.67. The highest BCUT2D eigenvalue weighted by Crippen LogP contribution is 2.15. The van der Waals surface area contributed by atoms with E-state index < -0.39 is 0 Å². The van der Waals surface area contributed by atoms with Crippen LogP contribution in [0.25, 0.3) is 0 Å². The molecule has 0 unspecified atom stereocenters. The predicted octanol–water partition coefficient (Wildman–Crippen LogP) is 1.52. The van der Waals surface area contributed by atoms with Crippen LogP contribution in [0.4, 0.5) is 0 Å². The highest BCUT2D eigenvalue weighted by atomic mass is 32.1. The SMILES string of the molecule is O=CCc1cnc(CCN2CCCC2)s1.